The summed E-state index contributed by atoms with van der Waals surface area (Å²) < 4.78 is 35.0. The Morgan fingerprint density at radius 2 is 1.80 bits per heavy atom. The lowest BCUT2D eigenvalue weighted by atomic mass is 10.3. The maximum atomic E-state index is 11.7. The average Bonchev–Trinajstić information content (AvgIpc) is 2.14. The SMILES string of the molecule is O=C(CC(F)(F)F)OOc1ccccc1. The number of alkyl halides is 3. The van der Waals surface area contributed by atoms with Gasteiger partial charge in [-0.25, -0.2) is 4.79 Å². The summed E-state index contributed by atoms with van der Waals surface area (Å²) in [6, 6.07) is 7.76. The Morgan fingerprint density at radius 1 is 1.20 bits per heavy atom. The van der Waals surface area contributed by atoms with E-state index in [1.165, 1.54) is 12.1 Å². The highest BCUT2D eigenvalue weighted by molar-refractivity contribution is 5.69. The Hall–Kier alpha value is -1.72. The van der Waals surface area contributed by atoms with Crippen LogP contribution in [0, 0.1) is 0 Å². The smallest absolute Gasteiger partial charge is 0.287 e. The van der Waals surface area contributed by atoms with Gasteiger partial charge in [0.2, 0.25) is 0 Å². The minimum absolute atomic E-state index is 0.160. The van der Waals surface area contributed by atoms with Crippen LogP contribution in [-0.2, 0) is 9.68 Å². The van der Waals surface area contributed by atoms with Crippen LogP contribution in [0.3, 0.4) is 0 Å². The first-order valence-electron chi connectivity index (χ1n) is 3.96. The van der Waals surface area contributed by atoms with E-state index in [2.05, 4.69) is 9.78 Å². The highest BCUT2D eigenvalue weighted by atomic mass is 19.4. The van der Waals surface area contributed by atoms with Gasteiger partial charge in [0.15, 0.2) is 5.75 Å². The molecule has 6 heteroatoms. The van der Waals surface area contributed by atoms with Crippen molar-refractivity contribution >= 4 is 5.97 Å². The second kappa shape index (κ2) is 4.68. The molecule has 0 aliphatic rings. The molecule has 0 spiro atoms. The van der Waals surface area contributed by atoms with Gasteiger partial charge in [-0.2, -0.15) is 13.2 Å². The predicted octanol–water partition coefficient (Wildman–Crippen LogP) is 2.48. The fourth-order valence-electron chi connectivity index (χ4n) is 0.764. The topological polar surface area (TPSA) is 35.5 Å². The third kappa shape index (κ3) is 4.90. The van der Waals surface area contributed by atoms with E-state index in [0.717, 1.165) is 0 Å². The molecule has 1 aromatic rings. The molecule has 1 rings (SSSR count). The van der Waals surface area contributed by atoms with Crippen molar-refractivity contribution in [1.29, 1.82) is 0 Å². The molecule has 1 aromatic carbocycles. The molecule has 0 bridgehead atoms. The maximum Gasteiger partial charge on any atom is 0.399 e. The van der Waals surface area contributed by atoms with Gasteiger partial charge in [0.05, 0.1) is 0 Å². The van der Waals surface area contributed by atoms with Crippen molar-refractivity contribution in [3.63, 3.8) is 0 Å². The molecule has 0 aliphatic carbocycles. The second-order valence-corrected chi connectivity index (χ2v) is 2.64. The fraction of sp³-hybridized carbons (Fsp3) is 0.222. The van der Waals surface area contributed by atoms with Gasteiger partial charge in [-0.1, -0.05) is 18.2 Å². The number of hydrogen-bond donors (Lipinski definition) is 0. The summed E-state index contributed by atoms with van der Waals surface area (Å²) in [5.41, 5.74) is 0. The number of halogens is 3. The van der Waals surface area contributed by atoms with Crippen LogP contribution >= 0.6 is 0 Å². The van der Waals surface area contributed by atoms with Crippen LogP contribution in [0.2, 0.25) is 0 Å². The van der Waals surface area contributed by atoms with Crippen molar-refractivity contribution in [3.05, 3.63) is 30.3 Å². The molecular formula is C9H7F3O3. The van der Waals surface area contributed by atoms with E-state index in [1.807, 2.05) is 0 Å². The highest BCUT2D eigenvalue weighted by Crippen LogP contribution is 2.20. The lowest BCUT2D eigenvalue weighted by molar-refractivity contribution is -0.227. The molecule has 0 fully saturated rings. The average molecular weight is 220 g/mol. The molecule has 0 aromatic heterocycles. The normalized spacial score (nSPS) is 10.9. The monoisotopic (exact) mass is 220 g/mol. The van der Waals surface area contributed by atoms with Gasteiger partial charge in [-0.15, -0.1) is 0 Å². The zero-order valence-corrected chi connectivity index (χ0v) is 7.45. The molecule has 0 unspecified atom stereocenters. The molecule has 0 saturated carbocycles. The van der Waals surface area contributed by atoms with E-state index in [0.29, 0.717) is 0 Å². The minimum Gasteiger partial charge on any atom is -0.287 e. The molecule has 0 radical (unpaired) electrons. The zero-order chi connectivity index (χ0) is 11.3. The van der Waals surface area contributed by atoms with Gasteiger partial charge >= 0.3 is 12.1 Å². The third-order valence-electron chi connectivity index (χ3n) is 1.32. The quantitative estimate of drug-likeness (QED) is 0.579. The molecular weight excluding hydrogens is 213 g/mol. The number of rotatable bonds is 3. The van der Waals surface area contributed by atoms with Gasteiger partial charge in [0, 0.05) is 0 Å². The Morgan fingerprint density at radius 3 is 2.33 bits per heavy atom. The predicted molar refractivity (Wildman–Crippen MR) is 43.8 cm³/mol. The molecule has 0 heterocycles. The third-order valence-corrected chi connectivity index (χ3v) is 1.32. The first-order chi connectivity index (χ1) is 6.97. The van der Waals surface area contributed by atoms with Gasteiger partial charge in [0.1, 0.15) is 6.42 Å². The van der Waals surface area contributed by atoms with E-state index in [1.54, 1.807) is 18.2 Å². The highest BCUT2D eigenvalue weighted by Gasteiger charge is 2.33. The maximum absolute atomic E-state index is 11.7. The van der Waals surface area contributed by atoms with Gasteiger partial charge in [0.25, 0.3) is 0 Å². The first kappa shape index (κ1) is 11.4. The van der Waals surface area contributed by atoms with E-state index >= 15 is 0 Å². The number of carbonyl (C=O) groups excluding carboxylic acids is 1. The van der Waals surface area contributed by atoms with Crippen LogP contribution in [0.15, 0.2) is 30.3 Å². The van der Waals surface area contributed by atoms with Crippen LogP contribution in [0.4, 0.5) is 13.2 Å². The summed E-state index contributed by atoms with van der Waals surface area (Å²) in [4.78, 5) is 18.9. The standard InChI is InChI=1S/C9H7F3O3/c10-9(11,12)6-8(13)15-14-7-4-2-1-3-5-7/h1-5H,6H2. The number of para-hydroxylation sites is 1. The fourth-order valence-corrected chi connectivity index (χ4v) is 0.764. The van der Waals surface area contributed by atoms with Gasteiger partial charge in [-0.05, 0) is 12.1 Å². The van der Waals surface area contributed by atoms with Crippen molar-refractivity contribution in [2.45, 2.75) is 12.6 Å². The molecule has 15 heavy (non-hydrogen) atoms. The number of hydrogen-bond acceptors (Lipinski definition) is 3. The van der Waals surface area contributed by atoms with E-state index in [9.17, 15) is 18.0 Å². The summed E-state index contributed by atoms with van der Waals surface area (Å²) in [7, 11) is 0. The Balaban J connectivity index is 2.35. The molecule has 0 N–H and O–H groups in total. The summed E-state index contributed by atoms with van der Waals surface area (Å²) in [5.74, 6) is -1.32. The van der Waals surface area contributed by atoms with Gasteiger partial charge in [-0.3, -0.25) is 9.78 Å². The first-order valence-corrected chi connectivity index (χ1v) is 3.96. The van der Waals surface area contributed by atoms with Crippen molar-refractivity contribution < 1.29 is 27.7 Å². The van der Waals surface area contributed by atoms with Crippen molar-refractivity contribution in [3.8, 4) is 5.75 Å². The van der Waals surface area contributed by atoms with Crippen LogP contribution in [0.1, 0.15) is 6.42 Å². The Labute approximate surface area is 83.3 Å². The molecule has 82 valence electrons. The van der Waals surface area contributed by atoms with E-state index in [-0.39, 0.29) is 5.75 Å². The van der Waals surface area contributed by atoms with E-state index in [4.69, 9.17) is 0 Å². The minimum atomic E-state index is -4.59. The molecule has 0 atom stereocenters. The van der Waals surface area contributed by atoms with Crippen molar-refractivity contribution in [2.75, 3.05) is 0 Å². The zero-order valence-electron chi connectivity index (χ0n) is 7.45. The summed E-state index contributed by atoms with van der Waals surface area (Å²) in [5, 5.41) is 0. The van der Waals surface area contributed by atoms with Crippen LogP contribution < -0.4 is 4.89 Å². The Bertz CT molecular complexity index is 321. The molecule has 0 aliphatic heterocycles. The van der Waals surface area contributed by atoms with Crippen LogP contribution in [-0.4, -0.2) is 12.1 Å². The number of benzene rings is 1. The molecule has 0 saturated heterocycles. The Kier molecular flexibility index (Phi) is 3.54. The number of carbonyl (C=O) groups is 1. The molecule has 0 amide bonds. The lowest BCUT2D eigenvalue weighted by Crippen LogP contribution is -2.18. The van der Waals surface area contributed by atoms with E-state index < -0.39 is 18.6 Å². The molecule has 3 nitrogen and oxygen atoms in total. The van der Waals surface area contributed by atoms with Crippen molar-refractivity contribution in [1.82, 2.24) is 0 Å². The lowest BCUT2D eigenvalue weighted by Gasteiger charge is -2.05. The summed E-state index contributed by atoms with van der Waals surface area (Å²) in [6.07, 6.45) is -6.25. The van der Waals surface area contributed by atoms with Crippen molar-refractivity contribution in [2.24, 2.45) is 0 Å². The van der Waals surface area contributed by atoms with Crippen LogP contribution in [0.5, 0.6) is 5.75 Å². The summed E-state index contributed by atoms with van der Waals surface area (Å²) >= 11 is 0. The largest absolute Gasteiger partial charge is 0.399 e. The summed E-state index contributed by atoms with van der Waals surface area (Å²) in [6.45, 7) is 0. The second-order valence-electron chi connectivity index (χ2n) is 2.64. The van der Waals surface area contributed by atoms with Gasteiger partial charge < -0.3 is 0 Å². The van der Waals surface area contributed by atoms with Crippen LogP contribution in [0.25, 0.3) is 0 Å².